The summed E-state index contributed by atoms with van der Waals surface area (Å²) >= 11 is 3.38. The lowest BCUT2D eigenvalue weighted by molar-refractivity contribution is 0.523. The van der Waals surface area contributed by atoms with Gasteiger partial charge >= 0.3 is 0 Å². The van der Waals surface area contributed by atoms with Crippen LogP contribution in [0.25, 0.3) is 0 Å². The van der Waals surface area contributed by atoms with Gasteiger partial charge in [-0.25, -0.2) is 8.42 Å². The Balaban J connectivity index is 2.36. The number of anilines is 1. The first-order valence-electron chi connectivity index (χ1n) is 5.98. The Morgan fingerprint density at radius 2 is 2.22 bits per heavy atom. The second-order valence-corrected chi connectivity index (χ2v) is 7.46. The molecule has 1 atom stereocenters. The molecule has 0 amide bonds. The molecule has 100 valence electrons. The molecule has 0 spiro atoms. The summed E-state index contributed by atoms with van der Waals surface area (Å²) in [5.41, 5.74) is 0.722. The standard InChI is InChI=1S/C12H17BrN2O2S/c1-10-9-15(12-5-2-4-11(13)8-12)18(16,17)7-3-6-14-10/h2,4-5,8,10,14H,3,6-7,9H2,1H3. The van der Waals surface area contributed by atoms with Crippen LogP contribution in [0.2, 0.25) is 0 Å². The van der Waals surface area contributed by atoms with Crippen molar-refractivity contribution >= 4 is 31.6 Å². The minimum absolute atomic E-state index is 0.152. The molecule has 6 heteroatoms. The Kier molecular flexibility index (Phi) is 4.29. The lowest BCUT2D eigenvalue weighted by Gasteiger charge is -2.30. The van der Waals surface area contributed by atoms with Crippen LogP contribution in [-0.4, -0.2) is 33.3 Å². The number of halogens is 1. The largest absolute Gasteiger partial charge is 0.312 e. The Bertz CT molecular complexity index is 519. The summed E-state index contributed by atoms with van der Waals surface area (Å²) in [6, 6.07) is 7.56. The zero-order valence-corrected chi connectivity index (χ0v) is 12.7. The molecule has 4 nitrogen and oxygen atoms in total. The normalized spacial score (nSPS) is 24.3. The van der Waals surface area contributed by atoms with Crippen LogP contribution in [0.3, 0.4) is 0 Å². The number of hydrogen-bond donors (Lipinski definition) is 1. The van der Waals surface area contributed by atoms with Gasteiger partial charge in [0.1, 0.15) is 0 Å². The number of sulfonamides is 1. The average Bonchev–Trinajstić information content (AvgIpc) is 2.30. The lowest BCUT2D eigenvalue weighted by Crippen LogP contribution is -2.46. The van der Waals surface area contributed by atoms with E-state index < -0.39 is 10.0 Å². The quantitative estimate of drug-likeness (QED) is 0.855. The van der Waals surface area contributed by atoms with Gasteiger partial charge in [0.25, 0.3) is 0 Å². The highest BCUT2D eigenvalue weighted by Gasteiger charge is 2.26. The molecule has 1 aromatic carbocycles. The van der Waals surface area contributed by atoms with Gasteiger partial charge in [0, 0.05) is 17.1 Å². The molecule has 2 rings (SSSR count). The molecule has 1 heterocycles. The Morgan fingerprint density at radius 1 is 1.44 bits per heavy atom. The topological polar surface area (TPSA) is 49.4 Å². The molecule has 1 aromatic rings. The van der Waals surface area contributed by atoms with Crippen LogP contribution < -0.4 is 9.62 Å². The number of hydrogen-bond acceptors (Lipinski definition) is 3. The van der Waals surface area contributed by atoms with Crippen molar-refractivity contribution in [1.82, 2.24) is 5.32 Å². The highest BCUT2D eigenvalue weighted by atomic mass is 79.9. The molecular formula is C12H17BrN2O2S. The summed E-state index contributed by atoms with van der Waals surface area (Å²) in [5, 5.41) is 3.32. The van der Waals surface area contributed by atoms with Crippen LogP contribution in [-0.2, 0) is 10.0 Å². The third-order valence-corrected chi connectivity index (χ3v) is 5.27. The van der Waals surface area contributed by atoms with E-state index in [1.807, 2.05) is 31.2 Å². The zero-order chi connectivity index (χ0) is 13.2. The van der Waals surface area contributed by atoms with E-state index >= 15 is 0 Å². The fourth-order valence-electron chi connectivity index (χ4n) is 2.04. The lowest BCUT2D eigenvalue weighted by atomic mass is 10.2. The van der Waals surface area contributed by atoms with Crippen molar-refractivity contribution in [3.8, 4) is 0 Å². The Labute approximate surface area is 117 Å². The van der Waals surface area contributed by atoms with Crippen molar-refractivity contribution in [1.29, 1.82) is 0 Å². The number of rotatable bonds is 1. The van der Waals surface area contributed by atoms with Gasteiger partial charge in [-0.1, -0.05) is 22.0 Å². The van der Waals surface area contributed by atoms with E-state index in [0.717, 1.165) is 16.7 Å². The van der Waals surface area contributed by atoms with Gasteiger partial charge in [-0.15, -0.1) is 0 Å². The summed E-state index contributed by atoms with van der Waals surface area (Å²) in [7, 11) is -3.21. The second kappa shape index (κ2) is 5.59. The molecule has 1 saturated heterocycles. The third-order valence-electron chi connectivity index (χ3n) is 2.94. The predicted molar refractivity (Wildman–Crippen MR) is 77.4 cm³/mol. The summed E-state index contributed by atoms with van der Waals surface area (Å²) in [6.45, 7) is 3.23. The molecule has 1 N–H and O–H groups in total. The number of benzene rings is 1. The minimum atomic E-state index is -3.21. The molecule has 0 radical (unpaired) electrons. The van der Waals surface area contributed by atoms with E-state index in [0.29, 0.717) is 13.0 Å². The molecular weight excluding hydrogens is 316 g/mol. The van der Waals surface area contributed by atoms with Crippen molar-refractivity contribution in [3.05, 3.63) is 28.7 Å². The molecule has 0 bridgehead atoms. The van der Waals surface area contributed by atoms with E-state index in [9.17, 15) is 8.42 Å². The monoisotopic (exact) mass is 332 g/mol. The third kappa shape index (κ3) is 3.24. The first-order chi connectivity index (χ1) is 8.49. The van der Waals surface area contributed by atoms with E-state index in [1.54, 1.807) is 0 Å². The summed E-state index contributed by atoms with van der Waals surface area (Å²) in [6.07, 6.45) is 0.650. The minimum Gasteiger partial charge on any atom is -0.312 e. The second-order valence-electron chi connectivity index (χ2n) is 4.54. The van der Waals surface area contributed by atoms with Gasteiger partial charge in [-0.3, -0.25) is 4.31 Å². The highest BCUT2D eigenvalue weighted by Crippen LogP contribution is 2.23. The van der Waals surface area contributed by atoms with Gasteiger partial charge in [0.2, 0.25) is 10.0 Å². The number of nitrogens with one attached hydrogen (secondary N) is 1. The molecule has 0 saturated carbocycles. The van der Waals surface area contributed by atoms with Gasteiger partial charge in [0.05, 0.1) is 11.4 Å². The van der Waals surface area contributed by atoms with Gasteiger partial charge in [0.15, 0.2) is 0 Å². The molecule has 0 aromatic heterocycles. The van der Waals surface area contributed by atoms with Crippen LogP contribution in [0.5, 0.6) is 0 Å². The van der Waals surface area contributed by atoms with Gasteiger partial charge in [-0.2, -0.15) is 0 Å². The smallest absolute Gasteiger partial charge is 0.235 e. The maximum absolute atomic E-state index is 12.3. The molecule has 1 aliphatic rings. The zero-order valence-electron chi connectivity index (χ0n) is 10.3. The molecule has 0 aliphatic carbocycles. The molecule has 18 heavy (non-hydrogen) atoms. The van der Waals surface area contributed by atoms with Crippen LogP contribution in [0.4, 0.5) is 5.69 Å². The van der Waals surface area contributed by atoms with E-state index in [2.05, 4.69) is 21.2 Å². The average molecular weight is 333 g/mol. The molecule has 1 aliphatic heterocycles. The van der Waals surface area contributed by atoms with Crippen molar-refractivity contribution in [2.45, 2.75) is 19.4 Å². The van der Waals surface area contributed by atoms with Crippen LogP contribution >= 0.6 is 15.9 Å². The first-order valence-corrected chi connectivity index (χ1v) is 8.38. The van der Waals surface area contributed by atoms with Gasteiger partial charge in [-0.05, 0) is 38.1 Å². The van der Waals surface area contributed by atoms with Crippen molar-refractivity contribution < 1.29 is 8.42 Å². The van der Waals surface area contributed by atoms with Crippen molar-refractivity contribution in [2.75, 3.05) is 23.1 Å². The van der Waals surface area contributed by atoms with E-state index in [1.165, 1.54) is 4.31 Å². The van der Waals surface area contributed by atoms with E-state index in [-0.39, 0.29) is 11.8 Å². The summed E-state index contributed by atoms with van der Waals surface area (Å²) < 4.78 is 27.0. The van der Waals surface area contributed by atoms with E-state index in [4.69, 9.17) is 0 Å². The van der Waals surface area contributed by atoms with Crippen molar-refractivity contribution in [3.63, 3.8) is 0 Å². The maximum Gasteiger partial charge on any atom is 0.235 e. The summed E-state index contributed by atoms with van der Waals surface area (Å²) in [5.74, 6) is 0.194. The Hall–Kier alpha value is -0.590. The molecule has 1 fully saturated rings. The summed E-state index contributed by atoms with van der Waals surface area (Å²) in [4.78, 5) is 0. The fourth-order valence-corrected chi connectivity index (χ4v) is 4.04. The fraction of sp³-hybridized carbons (Fsp3) is 0.500. The Morgan fingerprint density at radius 3 is 2.94 bits per heavy atom. The maximum atomic E-state index is 12.3. The molecule has 1 unspecified atom stereocenters. The highest BCUT2D eigenvalue weighted by molar-refractivity contribution is 9.10. The first kappa shape index (κ1) is 13.8. The van der Waals surface area contributed by atoms with Crippen LogP contribution in [0.1, 0.15) is 13.3 Å². The SMILES string of the molecule is CC1CN(c2cccc(Br)c2)S(=O)(=O)CCCN1. The number of nitrogens with zero attached hydrogens (tertiary/aromatic N) is 1. The van der Waals surface area contributed by atoms with Crippen LogP contribution in [0.15, 0.2) is 28.7 Å². The van der Waals surface area contributed by atoms with Crippen molar-refractivity contribution in [2.24, 2.45) is 0 Å². The van der Waals surface area contributed by atoms with Crippen LogP contribution in [0, 0.1) is 0 Å². The van der Waals surface area contributed by atoms with Gasteiger partial charge < -0.3 is 5.32 Å². The predicted octanol–water partition coefficient (Wildman–Crippen LogP) is 1.97.